The van der Waals surface area contributed by atoms with E-state index in [0.717, 1.165) is 49.7 Å². The smallest absolute Gasteiger partial charge is 0.231 e. The lowest BCUT2D eigenvalue weighted by Crippen LogP contribution is -2.34. The SMILES string of the molecule is CN1CCC(c2nc(-c3cc4c(nn3)NCCN4Cc3cc(Cl)ccc3Cl)no2)C1. The summed E-state index contributed by atoms with van der Waals surface area (Å²) in [5.41, 5.74) is 2.47. The average molecular weight is 446 g/mol. The van der Waals surface area contributed by atoms with Crippen LogP contribution in [0.15, 0.2) is 28.8 Å². The first-order valence-electron chi connectivity index (χ1n) is 9.90. The van der Waals surface area contributed by atoms with Gasteiger partial charge in [0.25, 0.3) is 0 Å². The summed E-state index contributed by atoms with van der Waals surface area (Å²) in [7, 11) is 2.10. The second-order valence-electron chi connectivity index (χ2n) is 7.75. The van der Waals surface area contributed by atoms with E-state index in [1.165, 1.54) is 0 Å². The largest absolute Gasteiger partial charge is 0.365 e. The van der Waals surface area contributed by atoms with Gasteiger partial charge in [-0.1, -0.05) is 28.4 Å². The highest BCUT2D eigenvalue weighted by Crippen LogP contribution is 2.33. The van der Waals surface area contributed by atoms with E-state index in [4.69, 9.17) is 27.7 Å². The van der Waals surface area contributed by atoms with E-state index >= 15 is 0 Å². The summed E-state index contributed by atoms with van der Waals surface area (Å²) in [6, 6.07) is 7.45. The van der Waals surface area contributed by atoms with Crippen molar-refractivity contribution in [3.05, 3.63) is 45.8 Å². The Morgan fingerprint density at radius 2 is 2.10 bits per heavy atom. The van der Waals surface area contributed by atoms with Crippen LogP contribution in [-0.2, 0) is 6.54 Å². The summed E-state index contributed by atoms with van der Waals surface area (Å²) in [6.07, 6.45) is 1.02. The van der Waals surface area contributed by atoms with E-state index < -0.39 is 0 Å². The van der Waals surface area contributed by atoms with Crippen LogP contribution in [0.5, 0.6) is 0 Å². The Morgan fingerprint density at radius 3 is 2.93 bits per heavy atom. The number of benzene rings is 1. The minimum atomic E-state index is 0.268. The number of fused-ring (bicyclic) bond motifs is 1. The Balaban J connectivity index is 1.43. The minimum absolute atomic E-state index is 0.268. The van der Waals surface area contributed by atoms with Crippen molar-refractivity contribution in [3.8, 4) is 11.5 Å². The van der Waals surface area contributed by atoms with Crippen molar-refractivity contribution in [1.29, 1.82) is 0 Å². The summed E-state index contributed by atoms with van der Waals surface area (Å²) in [4.78, 5) is 9.06. The summed E-state index contributed by atoms with van der Waals surface area (Å²) in [6.45, 7) is 4.14. The Morgan fingerprint density at radius 1 is 1.20 bits per heavy atom. The van der Waals surface area contributed by atoms with Crippen molar-refractivity contribution in [2.75, 3.05) is 43.4 Å². The summed E-state index contributed by atoms with van der Waals surface area (Å²) in [5.74, 6) is 2.12. The molecule has 1 saturated heterocycles. The maximum Gasteiger partial charge on any atom is 0.231 e. The van der Waals surface area contributed by atoms with Gasteiger partial charge in [-0.3, -0.25) is 0 Å². The number of nitrogens with one attached hydrogen (secondary N) is 1. The number of anilines is 2. The molecule has 0 saturated carbocycles. The van der Waals surface area contributed by atoms with Gasteiger partial charge in [-0.2, -0.15) is 4.98 Å². The van der Waals surface area contributed by atoms with Crippen LogP contribution >= 0.6 is 23.2 Å². The number of likely N-dealkylation sites (N-methyl/N-ethyl adjacent to an activating group) is 1. The van der Waals surface area contributed by atoms with Crippen LogP contribution in [0.25, 0.3) is 11.5 Å². The van der Waals surface area contributed by atoms with Gasteiger partial charge in [0.05, 0.1) is 11.6 Å². The van der Waals surface area contributed by atoms with Gasteiger partial charge in [0.2, 0.25) is 11.7 Å². The molecule has 8 nitrogen and oxygen atoms in total. The Labute approximate surface area is 184 Å². The lowest BCUT2D eigenvalue weighted by Gasteiger charge is -2.31. The Hall–Kier alpha value is -2.42. The van der Waals surface area contributed by atoms with Gasteiger partial charge in [-0.25, -0.2) is 0 Å². The maximum absolute atomic E-state index is 6.38. The molecule has 1 aromatic carbocycles. The second kappa shape index (κ2) is 8.02. The Kier molecular flexibility index (Phi) is 5.22. The molecule has 10 heteroatoms. The predicted molar refractivity (Wildman–Crippen MR) is 116 cm³/mol. The number of rotatable bonds is 4. The summed E-state index contributed by atoms with van der Waals surface area (Å²) < 4.78 is 5.53. The lowest BCUT2D eigenvalue weighted by molar-refractivity contribution is 0.344. The molecular formula is C20H21Cl2N7O. The van der Waals surface area contributed by atoms with Crippen molar-refractivity contribution in [3.63, 3.8) is 0 Å². The van der Waals surface area contributed by atoms with Crippen molar-refractivity contribution >= 4 is 34.7 Å². The number of hydrogen-bond acceptors (Lipinski definition) is 8. The van der Waals surface area contributed by atoms with E-state index in [0.29, 0.717) is 34.0 Å². The number of hydrogen-bond donors (Lipinski definition) is 1. The fraction of sp³-hybridized carbons (Fsp3) is 0.400. The molecule has 0 aliphatic carbocycles. The van der Waals surface area contributed by atoms with Gasteiger partial charge in [0.1, 0.15) is 5.69 Å². The van der Waals surface area contributed by atoms with Crippen molar-refractivity contribution < 1.29 is 4.52 Å². The number of aromatic nitrogens is 4. The molecule has 3 aromatic rings. The standard InChI is InChI=1S/C20H21Cl2N7O/c1-28-6-4-12(10-28)20-24-18(27-30-20)16-9-17-19(26-25-16)23-5-7-29(17)11-13-8-14(21)2-3-15(13)22/h2-3,8-9,12H,4-7,10-11H2,1H3,(H,23,26). The van der Waals surface area contributed by atoms with Crippen LogP contribution in [-0.4, -0.2) is 58.5 Å². The second-order valence-corrected chi connectivity index (χ2v) is 8.60. The van der Waals surface area contributed by atoms with Gasteiger partial charge < -0.3 is 19.6 Å². The molecule has 30 heavy (non-hydrogen) atoms. The van der Waals surface area contributed by atoms with Gasteiger partial charge in [0.15, 0.2) is 5.82 Å². The molecule has 0 bridgehead atoms. The molecule has 1 unspecified atom stereocenters. The first-order valence-corrected chi connectivity index (χ1v) is 10.7. The predicted octanol–water partition coefficient (Wildman–Crippen LogP) is 3.68. The number of nitrogens with zero attached hydrogens (tertiary/aromatic N) is 6. The first-order chi connectivity index (χ1) is 14.6. The third-order valence-electron chi connectivity index (χ3n) is 5.57. The van der Waals surface area contributed by atoms with Crippen molar-refractivity contribution in [2.45, 2.75) is 18.9 Å². The molecule has 1 N–H and O–H groups in total. The zero-order chi connectivity index (χ0) is 20.7. The first kappa shape index (κ1) is 19.5. The van der Waals surface area contributed by atoms with Crippen LogP contribution in [0, 0.1) is 0 Å². The molecule has 5 rings (SSSR count). The molecular weight excluding hydrogens is 425 g/mol. The van der Waals surface area contributed by atoms with Crippen molar-refractivity contribution in [1.82, 2.24) is 25.2 Å². The van der Waals surface area contributed by atoms with Crippen LogP contribution < -0.4 is 10.2 Å². The molecule has 156 valence electrons. The van der Waals surface area contributed by atoms with Gasteiger partial charge >= 0.3 is 0 Å². The summed E-state index contributed by atoms with van der Waals surface area (Å²) >= 11 is 12.5. The fourth-order valence-corrected chi connectivity index (χ4v) is 4.34. The van der Waals surface area contributed by atoms with E-state index in [2.05, 4.69) is 42.5 Å². The van der Waals surface area contributed by atoms with Gasteiger partial charge in [-0.15, -0.1) is 10.2 Å². The number of halogens is 2. The highest BCUT2D eigenvalue weighted by molar-refractivity contribution is 6.33. The fourth-order valence-electron chi connectivity index (χ4n) is 3.96. The van der Waals surface area contributed by atoms with Gasteiger partial charge in [-0.05, 0) is 49.8 Å². The third kappa shape index (κ3) is 3.82. The molecule has 0 amide bonds. The average Bonchev–Trinajstić information content (AvgIpc) is 3.40. The normalized spacial score (nSPS) is 19.0. The Bertz CT molecular complexity index is 1070. The van der Waals surface area contributed by atoms with E-state index in [1.807, 2.05) is 18.2 Å². The molecule has 1 atom stereocenters. The molecule has 2 aliphatic heterocycles. The highest BCUT2D eigenvalue weighted by Gasteiger charge is 2.27. The zero-order valence-electron chi connectivity index (χ0n) is 16.5. The lowest BCUT2D eigenvalue weighted by atomic mass is 10.1. The maximum atomic E-state index is 6.38. The number of likely N-dealkylation sites (tertiary alicyclic amines) is 1. The van der Waals surface area contributed by atoms with Crippen LogP contribution in [0.3, 0.4) is 0 Å². The van der Waals surface area contributed by atoms with Gasteiger partial charge in [0, 0.05) is 36.2 Å². The zero-order valence-corrected chi connectivity index (χ0v) is 18.0. The highest BCUT2D eigenvalue weighted by atomic mass is 35.5. The van der Waals surface area contributed by atoms with Crippen LogP contribution in [0.1, 0.15) is 23.8 Å². The molecule has 1 fully saturated rings. The minimum Gasteiger partial charge on any atom is -0.365 e. The van der Waals surface area contributed by atoms with Crippen molar-refractivity contribution in [2.24, 2.45) is 0 Å². The van der Waals surface area contributed by atoms with E-state index in [-0.39, 0.29) is 5.92 Å². The third-order valence-corrected chi connectivity index (χ3v) is 6.17. The van der Waals surface area contributed by atoms with Crippen LogP contribution in [0.4, 0.5) is 11.5 Å². The monoisotopic (exact) mass is 445 g/mol. The molecule has 2 aliphatic rings. The molecule has 4 heterocycles. The molecule has 0 spiro atoms. The van der Waals surface area contributed by atoms with Crippen LogP contribution in [0.2, 0.25) is 10.0 Å². The molecule has 2 aromatic heterocycles. The molecule has 0 radical (unpaired) electrons. The quantitative estimate of drug-likeness (QED) is 0.650. The summed E-state index contributed by atoms with van der Waals surface area (Å²) in [5, 5.41) is 17.5. The van der Waals surface area contributed by atoms with E-state index in [1.54, 1.807) is 6.07 Å². The topological polar surface area (TPSA) is 83.2 Å². The van der Waals surface area contributed by atoms with E-state index in [9.17, 15) is 0 Å².